The Bertz CT molecular complexity index is 810. The molecule has 0 N–H and O–H groups in total. The van der Waals surface area contributed by atoms with E-state index in [9.17, 15) is 4.79 Å². The van der Waals surface area contributed by atoms with Gasteiger partial charge in [-0.3, -0.25) is 4.79 Å². The first-order valence-corrected chi connectivity index (χ1v) is 9.45. The molecule has 1 amide bonds. The third-order valence-electron chi connectivity index (χ3n) is 5.25. The summed E-state index contributed by atoms with van der Waals surface area (Å²) in [5, 5.41) is 5.31. The Balaban J connectivity index is 1.67. The second-order valence-electron chi connectivity index (χ2n) is 7.39. The van der Waals surface area contributed by atoms with Crippen LogP contribution < -0.4 is 0 Å². The standard InChI is InChI=1S/C19H26N4O3/c1-12(2)23-17-14(11-20-23)10-15(13(3)21-17)18(24)22-7-5-4-6-16(22)19-25-8-9-26-19/h10-12,16,19H,4-9H2,1-3H3. The van der Waals surface area contributed by atoms with Gasteiger partial charge >= 0.3 is 0 Å². The average Bonchev–Trinajstić information content (AvgIpc) is 3.30. The number of pyridine rings is 1. The number of aryl methyl sites for hydroxylation is 1. The van der Waals surface area contributed by atoms with Crippen molar-refractivity contribution in [3.8, 4) is 0 Å². The summed E-state index contributed by atoms with van der Waals surface area (Å²) in [5.41, 5.74) is 2.21. The van der Waals surface area contributed by atoms with Gasteiger partial charge in [-0.2, -0.15) is 5.10 Å². The van der Waals surface area contributed by atoms with Crippen LogP contribution in [-0.4, -0.2) is 57.7 Å². The van der Waals surface area contributed by atoms with Crippen molar-refractivity contribution in [2.24, 2.45) is 0 Å². The highest BCUT2D eigenvalue weighted by molar-refractivity contribution is 5.98. The number of hydrogen-bond donors (Lipinski definition) is 0. The summed E-state index contributed by atoms with van der Waals surface area (Å²) in [7, 11) is 0. The molecule has 2 aliphatic heterocycles. The Morgan fingerprint density at radius 1 is 1.27 bits per heavy atom. The fourth-order valence-electron chi connectivity index (χ4n) is 3.91. The van der Waals surface area contributed by atoms with Crippen molar-refractivity contribution in [3.05, 3.63) is 23.5 Å². The maximum atomic E-state index is 13.3. The number of hydrogen-bond acceptors (Lipinski definition) is 5. The highest BCUT2D eigenvalue weighted by Crippen LogP contribution is 2.27. The Hall–Kier alpha value is -1.99. The molecule has 0 bridgehead atoms. The second kappa shape index (κ2) is 6.96. The molecule has 4 rings (SSSR count). The number of amides is 1. The van der Waals surface area contributed by atoms with Crippen LogP contribution in [-0.2, 0) is 9.47 Å². The molecule has 2 aromatic rings. The topological polar surface area (TPSA) is 69.5 Å². The number of carbonyl (C=O) groups excluding carboxylic acids is 1. The molecule has 7 heteroatoms. The smallest absolute Gasteiger partial charge is 0.256 e. The molecule has 4 heterocycles. The summed E-state index contributed by atoms with van der Waals surface area (Å²) < 4.78 is 13.3. The van der Waals surface area contributed by atoms with Gasteiger partial charge in [0.1, 0.15) is 0 Å². The zero-order valence-corrected chi connectivity index (χ0v) is 15.6. The monoisotopic (exact) mass is 358 g/mol. The van der Waals surface area contributed by atoms with Crippen molar-refractivity contribution in [2.45, 2.75) is 58.4 Å². The quantitative estimate of drug-likeness (QED) is 0.844. The molecule has 0 radical (unpaired) electrons. The summed E-state index contributed by atoms with van der Waals surface area (Å²) in [6.45, 7) is 7.97. The Labute approximate surface area is 153 Å². The summed E-state index contributed by atoms with van der Waals surface area (Å²) >= 11 is 0. The van der Waals surface area contributed by atoms with Crippen molar-refractivity contribution < 1.29 is 14.3 Å². The van der Waals surface area contributed by atoms with Gasteiger partial charge < -0.3 is 14.4 Å². The molecule has 0 saturated carbocycles. The fourth-order valence-corrected chi connectivity index (χ4v) is 3.91. The summed E-state index contributed by atoms with van der Waals surface area (Å²) in [6, 6.07) is 2.13. The van der Waals surface area contributed by atoms with E-state index in [1.165, 1.54) is 0 Å². The van der Waals surface area contributed by atoms with E-state index in [-0.39, 0.29) is 24.3 Å². The van der Waals surface area contributed by atoms with Gasteiger partial charge in [-0.05, 0) is 46.1 Å². The van der Waals surface area contributed by atoms with E-state index in [1.54, 1.807) is 6.20 Å². The molecule has 2 saturated heterocycles. The van der Waals surface area contributed by atoms with Crippen molar-refractivity contribution in [3.63, 3.8) is 0 Å². The van der Waals surface area contributed by atoms with Crippen LogP contribution in [0.5, 0.6) is 0 Å². The number of aromatic nitrogens is 3. The van der Waals surface area contributed by atoms with E-state index < -0.39 is 0 Å². The third-order valence-corrected chi connectivity index (χ3v) is 5.25. The zero-order valence-electron chi connectivity index (χ0n) is 15.6. The Kier molecular flexibility index (Phi) is 4.67. The van der Waals surface area contributed by atoms with Crippen LogP contribution in [0.3, 0.4) is 0 Å². The number of piperidine rings is 1. The van der Waals surface area contributed by atoms with Gasteiger partial charge in [0.15, 0.2) is 11.9 Å². The van der Waals surface area contributed by atoms with Crippen LogP contribution in [0.1, 0.15) is 55.2 Å². The van der Waals surface area contributed by atoms with Crippen molar-refractivity contribution in [2.75, 3.05) is 19.8 Å². The molecular weight excluding hydrogens is 332 g/mol. The molecule has 1 unspecified atom stereocenters. The minimum atomic E-state index is -0.306. The molecule has 0 aliphatic carbocycles. The summed E-state index contributed by atoms with van der Waals surface area (Å²) in [4.78, 5) is 19.9. The van der Waals surface area contributed by atoms with Crippen LogP contribution in [0.4, 0.5) is 0 Å². The van der Waals surface area contributed by atoms with E-state index in [0.29, 0.717) is 18.8 Å². The lowest BCUT2D eigenvalue weighted by atomic mass is 9.99. The number of likely N-dealkylation sites (tertiary alicyclic amines) is 1. The first-order chi connectivity index (χ1) is 12.6. The minimum absolute atomic E-state index is 0.0120. The number of ether oxygens (including phenoxy) is 2. The van der Waals surface area contributed by atoms with Crippen LogP contribution in [0.2, 0.25) is 0 Å². The summed E-state index contributed by atoms with van der Waals surface area (Å²) in [5.74, 6) is 0.0120. The second-order valence-corrected chi connectivity index (χ2v) is 7.39. The molecule has 0 aromatic carbocycles. The fraction of sp³-hybridized carbons (Fsp3) is 0.632. The predicted octanol–water partition coefficient (Wildman–Crippen LogP) is 2.69. The molecule has 7 nitrogen and oxygen atoms in total. The van der Waals surface area contributed by atoms with Gasteiger partial charge in [-0.15, -0.1) is 0 Å². The van der Waals surface area contributed by atoms with E-state index in [2.05, 4.69) is 23.9 Å². The first-order valence-electron chi connectivity index (χ1n) is 9.45. The molecule has 2 aromatic heterocycles. The molecule has 2 aliphatic rings. The molecule has 26 heavy (non-hydrogen) atoms. The number of nitrogens with zero attached hydrogens (tertiary/aromatic N) is 4. The van der Waals surface area contributed by atoms with Crippen molar-refractivity contribution in [1.82, 2.24) is 19.7 Å². The molecule has 0 spiro atoms. The van der Waals surface area contributed by atoms with Crippen molar-refractivity contribution in [1.29, 1.82) is 0 Å². The van der Waals surface area contributed by atoms with E-state index >= 15 is 0 Å². The summed E-state index contributed by atoms with van der Waals surface area (Å²) in [6.07, 6.45) is 4.50. The molecular formula is C19H26N4O3. The van der Waals surface area contributed by atoms with Crippen LogP contribution in [0, 0.1) is 6.92 Å². The maximum absolute atomic E-state index is 13.3. The maximum Gasteiger partial charge on any atom is 0.256 e. The normalized spacial score (nSPS) is 21.8. The predicted molar refractivity (Wildman–Crippen MR) is 97.0 cm³/mol. The van der Waals surface area contributed by atoms with Gasteiger partial charge in [0.2, 0.25) is 0 Å². The molecule has 2 fully saturated rings. The Morgan fingerprint density at radius 2 is 2.04 bits per heavy atom. The van der Waals surface area contributed by atoms with Gasteiger partial charge in [0, 0.05) is 18.0 Å². The molecule has 1 atom stereocenters. The van der Waals surface area contributed by atoms with E-state index in [1.807, 2.05) is 22.6 Å². The van der Waals surface area contributed by atoms with Gasteiger partial charge in [-0.25, -0.2) is 9.67 Å². The third kappa shape index (κ3) is 2.99. The van der Waals surface area contributed by atoms with Crippen LogP contribution in [0.15, 0.2) is 12.3 Å². The number of rotatable bonds is 3. The van der Waals surface area contributed by atoms with Gasteiger partial charge in [0.05, 0.1) is 36.7 Å². The lowest BCUT2D eigenvalue weighted by Gasteiger charge is -2.38. The van der Waals surface area contributed by atoms with E-state index in [4.69, 9.17) is 9.47 Å². The average molecular weight is 358 g/mol. The zero-order chi connectivity index (χ0) is 18.3. The first kappa shape index (κ1) is 17.4. The number of fused-ring (bicyclic) bond motifs is 1. The van der Waals surface area contributed by atoms with Crippen LogP contribution in [0.25, 0.3) is 11.0 Å². The van der Waals surface area contributed by atoms with Gasteiger partial charge in [0.25, 0.3) is 5.91 Å². The highest BCUT2D eigenvalue weighted by atomic mass is 16.7. The SMILES string of the molecule is Cc1nc2c(cnn2C(C)C)cc1C(=O)N1CCCCC1C1OCCO1. The lowest BCUT2D eigenvalue weighted by molar-refractivity contribution is -0.100. The largest absolute Gasteiger partial charge is 0.348 e. The highest BCUT2D eigenvalue weighted by Gasteiger charge is 2.37. The molecule has 140 valence electrons. The van der Waals surface area contributed by atoms with Crippen LogP contribution >= 0.6 is 0 Å². The lowest BCUT2D eigenvalue weighted by Crippen LogP contribution is -2.50. The minimum Gasteiger partial charge on any atom is -0.348 e. The number of carbonyl (C=O) groups is 1. The van der Waals surface area contributed by atoms with Crippen molar-refractivity contribution >= 4 is 16.9 Å². The van der Waals surface area contributed by atoms with Gasteiger partial charge in [-0.1, -0.05) is 0 Å². The van der Waals surface area contributed by atoms with E-state index in [0.717, 1.165) is 42.5 Å². The Morgan fingerprint density at radius 3 is 2.77 bits per heavy atom.